The van der Waals surface area contributed by atoms with Gasteiger partial charge in [0.05, 0.1) is 12.1 Å². The summed E-state index contributed by atoms with van der Waals surface area (Å²) in [4.78, 5) is 4.60. The van der Waals surface area contributed by atoms with Crippen LogP contribution in [0.3, 0.4) is 0 Å². The third-order valence-electron chi connectivity index (χ3n) is 4.41. The number of aliphatic imine (C=N–C) groups is 1. The maximum atomic E-state index is 5.97. The normalized spacial score (nSPS) is 31.6. The van der Waals surface area contributed by atoms with E-state index in [1.165, 1.54) is 25.7 Å². The zero-order valence-electron chi connectivity index (χ0n) is 11.6. The Morgan fingerprint density at radius 1 is 1.33 bits per heavy atom. The largest absolute Gasteiger partial charge is 0.381 e. The Kier molecular flexibility index (Phi) is 5.70. The Labute approximate surface area is 127 Å². The molecule has 106 valence electrons. The van der Waals surface area contributed by atoms with Gasteiger partial charge in [0.1, 0.15) is 0 Å². The Bertz CT molecular complexity index is 301. The minimum Gasteiger partial charge on any atom is -0.381 e. The molecule has 0 aromatic carbocycles. The molecule has 3 N–H and O–H groups in total. The number of nitrogens with zero attached hydrogens (tertiary/aromatic N) is 1. The molecule has 4 nitrogen and oxygen atoms in total. The third kappa shape index (κ3) is 3.29. The molecule has 2 fully saturated rings. The number of hydrogen-bond donors (Lipinski definition) is 2. The topological polar surface area (TPSA) is 59.6 Å². The lowest BCUT2D eigenvalue weighted by Crippen LogP contribution is -2.54. The predicted molar refractivity (Wildman–Crippen MR) is 85.4 cm³/mol. The summed E-state index contributed by atoms with van der Waals surface area (Å²) in [5.41, 5.74) is 6.08. The van der Waals surface area contributed by atoms with Gasteiger partial charge in [-0.3, -0.25) is 0 Å². The highest BCUT2D eigenvalue weighted by Gasteiger charge is 2.48. The number of halogens is 1. The number of ether oxygens (including phenoxy) is 1. The van der Waals surface area contributed by atoms with Crippen LogP contribution in [0.1, 0.15) is 46.0 Å². The molecular formula is C13H26IN3O. The van der Waals surface area contributed by atoms with Gasteiger partial charge in [-0.15, -0.1) is 24.0 Å². The van der Waals surface area contributed by atoms with E-state index in [9.17, 15) is 0 Å². The molecule has 0 spiro atoms. The van der Waals surface area contributed by atoms with Crippen LogP contribution in [0.15, 0.2) is 4.99 Å². The van der Waals surface area contributed by atoms with Crippen molar-refractivity contribution in [1.82, 2.24) is 5.32 Å². The van der Waals surface area contributed by atoms with Gasteiger partial charge < -0.3 is 15.8 Å². The zero-order valence-corrected chi connectivity index (χ0v) is 13.9. The second-order valence-electron chi connectivity index (χ2n) is 5.94. The fourth-order valence-electron chi connectivity index (χ4n) is 2.97. The fraction of sp³-hybridized carbons (Fsp3) is 0.923. The van der Waals surface area contributed by atoms with Crippen molar-refractivity contribution < 1.29 is 4.74 Å². The van der Waals surface area contributed by atoms with Crippen molar-refractivity contribution in [2.24, 2.45) is 16.1 Å². The summed E-state index contributed by atoms with van der Waals surface area (Å²) in [6.45, 7) is 4.39. The van der Waals surface area contributed by atoms with Gasteiger partial charge in [0, 0.05) is 18.6 Å². The molecule has 2 rings (SSSR count). The lowest BCUT2D eigenvalue weighted by molar-refractivity contribution is -0.0851. The van der Waals surface area contributed by atoms with E-state index in [-0.39, 0.29) is 29.4 Å². The molecule has 0 bridgehead atoms. The van der Waals surface area contributed by atoms with E-state index in [0.29, 0.717) is 24.1 Å². The average molecular weight is 367 g/mol. The summed E-state index contributed by atoms with van der Waals surface area (Å²) in [6, 6.07) is 0.835. The Hall–Kier alpha value is -0.0400. The van der Waals surface area contributed by atoms with Gasteiger partial charge in [-0.1, -0.05) is 26.7 Å². The summed E-state index contributed by atoms with van der Waals surface area (Å²) < 4.78 is 5.42. The van der Waals surface area contributed by atoms with Crippen molar-refractivity contribution in [3.8, 4) is 0 Å². The van der Waals surface area contributed by atoms with Gasteiger partial charge in [0.25, 0.3) is 0 Å². The molecule has 0 amide bonds. The van der Waals surface area contributed by atoms with E-state index >= 15 is 0 Å². The highest BCUT2D eigenvalue weighted by molar-refractivity contribution is 14.0. The lowest BCUT2D eigenvalue weighted by Gasteiger charge is -2.49. The van der Waals surface area contributed by atoms with Gasteiger partial charge in [-0.05, 0) is 19.3 Å². The first-order valence-corrected chi connectivity index (χ1v) is 6.66. The second-order valence-corrected chi connectivity index (χ2v) is 5.94. The molecular weight excluding hydrogens is 341 g/mol. The van der Waals surface area contributed by atoms with Crippen molar-refractivity contribution in [2.45, 2.75) is 64.1 Å². The highest BCUT2D eigenvalue weighted by Crippen LogP contribution is 2.44. The Morgan fingerprint density at radius 3 is 2.44 bits per heavy atom. The van der Waals surface area contributed by atoms with Crippen LogP contribution in [0, 0.1) is 5.41 Å². The van der Waals surface area contributed by atoms with Crippen LogP contribution < -0.4 is 11.1 Å². The van der Waals surface area contributed by atoms with Gasteiger partial charge in [0.2, 0.25) is 0 Å². The molecule has 0 radical (unpaired) electrons. The summed E-state index contributed by atoms with van der Waals surface area (Å²) in [5, 5.41) is 3.34. The number of nitrogens with one attached hydrogen (secondary N) is 1. The monoisotopic (exact) mass is 367 g/mol. The van der Waals surface area contributed by atoms with E-state index in [1.54, 1.807) is 7.11 Å². The molecule has 5 heteroatoms. The number of nitrogens with two attached hydrogens (primary N) is 1. The van der Waals surface area contributed by atoms with E-state index in [2.05, 4.69) is 24.2 Å². The molecule has 0 aromatic rings. The summed E-state index contributed by atoms with van der Waals surface area (Å²) in [6.07, 6.45) is 6.37. The van der Waals surface area contributed by atoms with Crippen LogP contribution in [-0.2, 0) is 4.74 Å². The molecule has 2 aliphatic rings. The van der Waals surface area contributed by atoms with E-state index in [4.69, 9.17) is 10.5 Å². The fourth-order valence-corrected chi connectivity index (χ4v) is 2.97. The molecule has 0 aromatic heterocycles. The van der Waals surface area contributed by atoms with Crippen molar-refractivity contribution in [3.05, 3.63) is 0 Å². The SMILES string of the molecule is COC1CC(N=C(N)NC2CCCC2)C1(C)C.I. The van der Waals surface area contributed by atoms with E-state index in [1.807, 2.05) is 0 Å². The Morgan fingerprint density at radius 2 is 1.94 bits per heavy atom. The van der Waals surface area contributed by atoms with Crippen molar-refractivity contribution in [1.29, 1.82) is 0 Å². The van der Waals surface area contributed by atoms with Crippen molar-refractivity contribution in [2.75, 3.05) is 7.11 Å². The van der Waals surface area contributed by atoms with E-state index in [0.717, 1.165) is 6.42 Å². The minimum atomic E-state index is 0. The molecule has 0 saturated heterocycles. The molecule has 2 saturated carbocycles. The van der Waals surface area contributed by atoms with Crippen LogP contribution in [-0.4, -0.2) is 31.3 Å². The maximum Gasteiger partial charge on any atom is 0.189 e. The maximum absolute atomic E-state index is 5.97. The molecule has 2 aliphatic carbocycles. The molecule has 2 unspecified atom stereocenters. The second kappa shape index (κ2) is 6.41. The van der Waals surface area contributed by atoms with Crippen LogP contribution in [0.25, 0.3) is 0 Å². The van der Waals surface area contributed by atoms with Gasteiger partial charge in [0.15, 0.2) is 5.96 Å². The minimum absolute atomic E-state index is 0. The van der Waals surface area contributed by atoms with Crippen LogP contribution in [0.5, 0.6) is 0 Å². The van der Waals surface area contributed by atoms with Gasteiger partial charge in [-0.2, -0.15) is 0 Å². The number of rotatable bonds is 3. The van der Waals surface area contributed by atoms with Crippen molar-refractivity contribution in [3.63, 3.8) is 0 Å². The molecule has 0 aliphatic heterocycles. The summed E-state index contributed by atoms with van der Waals surface area (Å²) >= 11 is 0. The standard InChI is InChI=1S/C13H25N3O.HI/c1-13(2)10(8-11(13)17-3)16-12(14)15-9-6-4-5-7-9;/h9-11H,4-8H2,1-3H3,(H3,14,15,16);1H. The summed E-state index contributed by atoms with van der Waals surface area (Å²) in [7, 11) is 1.77. The number of hydrogen-bond acceptors (Lipinski definition) is 2. The third-order valence-corrected chi connectivity index (χ3v) is 4.41. The van der Waals surface area contributed by atoms with Crippen LogP contribution in [0.2, 0.25) is 0 Å². The Balaban J connectivity index is 0.00000162. The smallest absolute Gasteiger partial charge is 0.189 e. The van der Waals surface area contributed by atoms with Crippen LogP contribution in [0.4, 0.5) is 0 Å². The molecule has 18 heavy (non-hydrogen) atoms. The number of methoxy groups -OCH3 is 1. The molecule has 0 heterocycles. The summed E-state index contributed by atoms with van der Waals surface area (Å²) in [5.74, 6) is 0.615. The van der Waals surface area contributed by atoms with Gasteiger partial charge in [-0.25, -0.2) is 4.99 Å². The van der Waals surface area contributed by atoms with Gasteiger partial charge >= 0.3 is 0 Å². The average Bonchev–Trinajstić information content (AvgIpc) is 2.76. The first-order chi connectivity index (χ1) is 8.04. The van der Waals surface area contributed by atoms with Crippen molar-refractivity contribution >= 4 is 29.9 Å². The first kappa shape index (κ1) is 16.0. The quantitative estimate of drug-likeness (QED) is 0.457. The van der Waals surface area contributed by atoms with Crippen LogP contribution >= 0.6 is 24.0 Å². The lowest BCUT2D eigenvalue weighted by atomic mass is 9.65. The van der Waals surface area contributed by atoms with E-state index < -0.39 is 0 Å². The zero-order chi connectivity index (χ0) is 12.5. The molecule has 2 atom stereocenters. The highest BCUT2D eigenvalue weighted by atomic mass is 127. The first-order valence-electron chi connectivity index (χ1n) is 6.66. The predicted octanol–water partition coefficient (Wildman–Crippen LogP) is 2.26. The number of guanidine groups is 1.